The molecule has 0 saturated carbocycles. The quantitative estimate of drug-likeness (QED) is 0.643. The molecule has 1 aromatic rings. The van der Waals surface area contributed by atoms with Gasteiger partial charge in [0.05, 0.1) is 10.6 Å². The lowest BCUT2D eigenvalue weighted by Crippen LogP contribution is -2.31. The van der Waals surface area contributed by atoms with Gasteiger partial charge in [0.25, 0.3) is 10.0 Å². The number of carbonyl (C=O) groups is 1. The maximum Gasteiger partial charge on any atom is 0.264 e. The van der Waals surface area contributed by atoms with Gasteiger partial charge in [0.2, 0.25) is 5.91 Å². The Kier molecular flexibility index (Phi) is 5.83. The first kappa shape index (κ1) is 17.1. The summed E-state index contributed by atoms with van der Waals surface area (Å²) in [5, 5.41) is 9.23. The van der Waals surface area contributed by atoms with E-state index in [1.54, 1.807) is 14.1 Å². The SMILES string of the molecule is CC(C)CC(=O)NS(=O)(=O)c1ccc(N=NN(C)C)cc1. The van der Waals surface area contributed by atoms with Crippen LogP contribution in [0.15, 0.2) is 39.5 Å². The van der Waals surface area contributed by atoms with Crippen LogP contribution in [-0.4, -0.2) is 33.4 Å². The summed E-state index contributed by atoms with van der Waals surface area (Å²) in [5.41, 5.74) is 0.524. The van der Waals surface area contributed by atoms with E-state index in [-0.39, 0.29) is 17.2 Å². The summed E-state index contributed by atoms with van der Waals surface area (Å²) >= 11 is 0. The fourth-order valence-corrected chi connectivity index (χ4v) is 2.45. The molecule has 7 nitrogen and oxygen atoms in total. The number of rotatable bonds is 6. The van der Waals surface area contributed by atoms with Crippen LogP contribution in [0.5, 0.6) is 0 Å². The van der Waals surface area contributed by atoms with E-state index in [9.17, 15) is 13.2 Å². The Labute approximate surface area is 125 Å². The number of amides is 1. The summed E-state index contributed by atoms with van der Waals surface area (Å²) in [6.07, 6.45) is 0.161. The molecule has 0 bridgehead atoms. The zero-order valence-corrected chi connectivity index (χ0v) is 13.4. The molecule has 8 heteroatoms. The van der Waals surface area contributed by atoms with Crippen molar-refractivity contribution in [3.63, 3.8) is 0 Å². The van der Waals surface area contributed by atoms with Gasteiger partial charge < -0.3 is 0 Å². The van der Waals surface area contributed by atoms with E-state index < -0.39 is 15.9 Å². The molecule has 21 heavy (non-hydrogen) atoms. The van der Waals surface area contributed by atoms with Crippen molar-refractivity contribution in [3.8, 4) is 0 Å². The van der Waals surface area contributed by atoms with E-state index >= 15 is 0 Å². The van der Waals surface area contributed by atoms with Crippen LogP contribution in [0.2, 0.25) is 0 Å². The minimum atomic E-state index is -3.84. The van der Waals surface area contributed by atoms with Gasteiger partial charge in [-0.25, -0.2) is 13.1 Å². The Bertz CT molecular complexity index is 607. The van der Waals surface area contributed by atoms with Gasteiger partial charge in [-0.15, -0.1) is 5.11 Å². The van der Waals surface area contributed by atoms with Crippen LogP contribution in [0.1, 0.15) is 20.3 Å². The van der Waals surface area contributed by atoms with E-state index in [4.69, 9.17) is 0 Å². The van der Waals surface area contributed by atoms with Gasteiger partial charge in [-0.1, -0.05) is 19.1 Å². The van der Waals surface area contributed by atoms with Crippen LogP contribution < -0.4 is 4.72 Å². The Morgan fingerprint density at radius 2 is 1.81 bits per heavy atom. The molecule has 0 aliphatic heterocycles. The van der Waals surface area contributed by atoms with E-state index in [1.807, 2.05) is 18.6 Å². The molecule has 0 radical (unpaired) electrons. The van der Waals surface area contributed by atoms with Crippen molar-refractivity contribution in [1.29, 1.82) is 0 Å². The first-order chi connectivity index (χ1) is 9.70. The molecular weight excluding hydrogens is 292 g/mol. The van der Waals surface area contributed by atoms with Crippen molar-refractivity contribution >= 4 is 21.6 Å². The third kappa shape index (κ3) is 5.90. The molecule has 0 fully saturated rings. The largest absolute Gasteiger partial charge is 0.285 e. The minimum Gasteiger partial charge on any atom is -0.285 e. The molecule has 1 amide bonds. The van der Waals surface area contributed by atoms with Gasteiger partial charge >= 0.3 is 0 Å². The third-order valence-corrected chi connectivity index (χ3v) is 3.72. The highest BCUT2D eigenvalue weighted by Crippen LogP contribution is 2.17. The van der Waals surface area contributed by atoms with Crippen LogP contribution >= 0.6 is 0 Å². The Morgan fingerprint density at radius 1 is 1.24 bits per heavy atom. The second kappa shape index (κ2) is 7.16. The summed E-state index contributed by atoms with van der Waals surface area (Å²) in [6.45, 7) is 3.69. The van der Waals surface area contributed by atoms with Crippen LogP contribution in [0.3, 0.4) is 0 Å². The molecule has 0 saturated heterocycles. The lowest BCUT2D eigenvalue weighted by Gasteiger charge is -2.08. The highest BCUT2D eigenvalue weighted by molar-refractivity contribution is 7.90. The number of carbonyl (C=O) groups excluding carboxylic acids is 1. The van der Waals surface area contributed by atoms with Gasteiger partial charge in [-0.2, -0.15) is 0 Å². The van der Waals surface area contributed by atoms with Gasteiger partial charge in [0, 0.05) is 20.5 Å². The smallest absolute Gasteiger partial charge is 0.264 e. The summed E-state index contributed by atoms with van der Waals surface area (Å²) in [4.78, 5) is 11.6. The Balaban J connectivity index is 2.83. The van der Waals surface area contributed by atoms with E-state index in [0.29, 0.717) is 5.69 Å². The molecule has 0 spiro atoms. The monoisotopic (exact) mass is 312 g/mol. The van der Waals surface area contributed by atoms with Crippen molar-refractivity contribution in [1.82, 2.24) is 9.73 Å². The zero-order valence-electron chi connectivity index (χ0n) is 12.6. The standard InChI is InChI=1S/C13H20N4O3S/c1-10(2)9-13(18)15-21(19,20)12-7-5-11(6-8-12)14-16-17(3)4/h5-8,10H,9H2,1-4H3,(H,15,18). The summed E-state index contributed by atoms with van der Waals surface area (Å²) in [7, 11) is -0.378. The molecule has 0 aliphatic rings. The Morgan fingerprint density at radius 3 is 2.29 bits per heavy atom. The average Bonchev–Trinajstić information content (AvgIpc) is 2.35. The summed E-state index contributed by atoms with van der Waals surface area (Å²) < 4.78 is 26.1. The molecule has 0 aliphatic carbocycles. The first-order valence-corrected chi connectivity index (χ1v) is 7.93. The van der Waals surface area contributed by atoms with Gasteiger partial charge in [-0.05, 0) is 30.2 Å². The second-order valence-corrected chi connectivity index (χ2v) is 6.84. The number of nitrogens with zero attached hydrogens (tertiary/aromatic N) is 3. The van der Waals surface area contributed by atoms with E-state index in [0.717, 1.165) is 0 Å². The van der Waals surface area contributed by atoms with Crippen LogP contribution in [0, 0.1) is 5.92 Å². The van der Waals surface area contributed by atoms with Gasteiger partial charge in [0.1, 0.15) is 0 Å². The molecule has 1 rings (SSSR count). The summed E-state index contributed by atoms with van der Waals surface area (Å²) in [6, 6.07) is 5.81. The van der Waals surface area contributed by atoms with Gasteiger partial charge in [0.15, 0.2) is 0 Å². The lowest BCUT2D eigenvalue weighted by molar-refractivity contribution is -0.120. The number of benzene rings is 1. The van der Waals surface area contributed by atoms with Crippen LogP contribution in [0.4, 0.5) is 5.69 Å². The van der Waals surface area contributed by atoms with Crippen molar-refractivity contribution < 1.29 is 13.2 Å². The molecule has 0 unspecified atom stereocenters. The van der Waals surface area contributed by atoms with E-state index in [2.05, 4.69) is 10.3 Å². The number of nitrogens with one attached hydrogen (secondary N) is 1. The molecule has 1 N–H and O–H groups in total. The minimum absolute atomic E-state index is 0.0170. The zero-order chi connectivity index (χ0) is 16.0. The Hall–Kier alpha value is -1.96. The molecule has 0 atom stereocenters. The highest BCUT2D eigenvalue weighted by Gasteiger charge is 2.17. The second-order valence-electron chi connectivity index (χ2n) is 5.16. The van der Waals surface area contributed by atoms with Crippen LogP contribution in [-0.2, 0) is 14.8 Å². The predicted octanol–water partition coefficient (Wildman–Crippen LogP) is 2.10. The fraction of sp³-hybridized carbons (Fsp3) is 0.462. The fourth-order valence-electron chi connectivity index (χ4n) is 1.45. The average molecular weight is 312 g/mol. The maximum atomic E-state index is 12.0. The first-order valence-electron chi connectivity index (χ1n) is 6.45. The normalized spacial score (nSPS) is 11.9. The van der Waals surface area contributed by atoms with Crippen molar-refractivity contribution in [2.75, 3.05) is 14.1 Å². The molecular formula is C13H20N4O3S. The molecule has 116 valence electrons. The van der Waals surface area contributed by atoms with E-state index in [1.165, 1.54) is 29.3 Å². The van der Waals surface area contributed by atoms with Crippen molar-refractivity contribution in [2.24, 2.45) is 16.3 Å². The number of hydrogen-bond acceptors (Lipinski definition) is 5. The third-order valence-electron chi connectivity index (χ3n) is 2.33. The van der Waals surface area contributed by atoms with Crippen LogP contribution in [0.25, 0.3) is 0 Å². The number of sulfonamides is 1. The van der Waals surface area contributed by atoms with Crippen molar-refractivity contribution in [2.45, 2.75) is 25.2 Å². The molecule has 0 heterocycles. The lowest BCUT2D eigenvalue weighted by atomic mass is 10.1. The summed E-state index contributed by atoms with van der Waals surface area (Å²) in [5.74, 6) is -0.421. The maximum absolute atomic E-state index is 12.0. The highest BCUT2D eigenvalue weighted by atomic mass is 32.2. The molecule has 1 aromatic carbocycles. The molecule has 0 aromatic heterocycles. The topological polar surface area (TPSA) is 91.2 Å². The van der Waals surface area contributed by atoms with Crippen molar-refractivity contribution in [3.05, 3.63) is 24.3 Å². The number of hydrogen-bond donors (Lipinski definition) is 1. The predicted molar refractivity (Wildman–Crippen MR) is 79.4 cm³/mol. The van der Waals surface area contributed by atoms with Gasteiger partial charge in [-0.3, -0.25) is 9.80 Å².